The molecule has 1 atom stereocenters. The van der Waals surface area contributed by atoms with Gasteiger partial charge in [0.05, 0.1) is 12.3 Å². The van der Waals surface area contributed by atoms with E-state index < -0.39 is 24.7 Å². The predicted molar refractivity (Wildman–Crippen MR) is 56.9 cm³/mol. The summed E-state index contributed by atoms with van der Waals surface area (Å²) in [5.41, 5.74) is 2.29. The largest absolute Gasteiger partial charge is 0.481 e. The van der Waals surface area contributed by atoms with Crippen LogP contribution in [0.2, 0.25) is 0 Å². The van der Waals surface area contributed by atoms with Crippen molar-refractivity contribution in [2.75, 3.05) is 0 Å². The number of carboxylic acid groups (broad SMARTS) is 1. The van der Waals surface area contributed by atoms with Crippen molar-refractivity contribution in [3.63, 3.8) is 0 Å². The van der Waals surface area contributed by atoms with Crippen LogP contribution in [0.25, 0.3) is 0 Å². The van der Waals surface area contributed by atoms with Gasteiger partial charge in [0.15, 0.2) is 0 Å². The van der Waals surface area contributed by atoms with Gasteiger partial charge in [-0.2, -0.15) is 0 Å². The molecule has 0 aromatic heterocycles. The van der Waals surface area contributed by atoms with Crippen molar-refractivity contribution in [1.82, 2.24) is 0 Å². The molecule has 1 N–H and O–H groups in total. The Morgan fingerprint density at radius 1 is 1.31 bits per heavy atom. The van der Waals surface area contributed by atoms with E-state index in [1.165, 1.54) is 0 Å². The Morgan fingerprint density at radius 2 is 1.94 bits per heavy atom. The third-order valence-electron chi connectivity index (χ3n) is 2.66. The minimum atomic E-state index is -2.65. The Bertz CT molecular complexity index is 389. The lowest BCUT2D eigenvalue weighted by atomic mass is 9.93. The van der Waals surface area contributed by atoms with Crippen molar-refractivity contribution in [3.05, 3.63) is 34.9 Å². The molecule has 0 aliphatic carbocycles. The Morgan fingerprint density at radius 3 is 2.38 bits per heavy atom. The number of hydrogen-bond acceptors (Lipinski definition) is 1. The van der Waals surface area contributed by atoms with Gasteiger partial charge in [0.2, 0.25) is 6.43 Å². The molecule has 1 rings (SSSR count). The van der Waals surface area contributed by atoms with Gasteiger partial charge in [-0.05, 0) is 30.5 Å². The van der Waals surface area contributed by atoms with Gasteiger partial charge in [-0.3, -0.25) is 4.79 Å². The maximum Gasteiger partial charge on any atom is 0.304 e. The van der Waals surface area contributed by atoms with E-state index >= 15 is 0 Å². The summed E-state index contributed by atoms with van der Waals surface area (Å²) in [4.78, 5) is 10.5. The van der Waals surface area contributed by atoms with Gasteiger partial charge in [0, 0.05) is 0 Å². The van der Waals surface area contributed by atoms with Gasteiger partial charge in [-0.25, -0.2) is 8.78 Å². The summed E-state index contributed by atoms with van der Waals surface area (Å²) in [6.07, 6.45) is -3.20. The molecule has 0 fully saturated rings. The number of benzene rings is 1. The van der Waals surface area contributed by atoms with Gasteiger partial charge in [0.25, 0.3) is 0 Å². The smallest absolute Gasteiger partial charge is 0.304 e. The molecule has 0 amide bonds. The number of alkyl halides is 2. The summed E-state index contributed by atoms with van der Waals surface area (Å²) in [5.74, 6) is -2.43. The lowest BCUT2D eigenvalue weighted by Crippen LogP contribution is -2.14. The van der Waals surface area contributed by atoms with Crippen molar-refractivity contribution >= 4 is 5.97 Å². The highest BCUT2D eigenvalue weighted by Gasteiger charge is 2.25. The van der Waals surface area contributed by atoms with Crippen LogP contribution in [0.1, 0.15) is 29.0 Å². The van der Waals surface area contributed by atoms with Gasteiger partial charge in [0.1, 0.15) is 0 Å². The fourth-order valence-corrected chi connectivity index (χ4v) is 1.54. The second-order valence-electron chi connectivity index (χ2n) is 3.88. The normalized spacial score (nSPS) is 12.8. The number of hydrogen-bond donors (Lipinski definition) is 1. The van der Waals surface area contributed by atoms with E-state index in [1.54, 1.807) is 18.2 Å². The van der Waals surface area contributed by atoms with E-state index in [-0.39, 0.29) is 0 Å². The predicted octanol–water partition coefficient (Wildman–Crippen LogP) is 3.13. The van der Waals surface area contributed by atoms with Crippen LogP contribution in [0.4, 0.5) is 8.78 Å². The third kappa shape index (κ3) is 3.02. The Balaban J connectivity index is 3.01. The number of carbonyl (C=O) groups is 1. The lowest BCUT2D eigenvalue weighted by molar-refractivity contribution is -0.138. The van der Waals surface area contributed by atoms with Gasteiger partial charge < -0.3 is 5.11 Å². The fourth-order valence-electron chi connectivity index (χ4n) is 1.54. The Labute approximate surface area is 92.9 Å². The van der Waals surface area contributed by atoms with Crippen LogP contribution >= 0.6 is 0 Å². The van der Waals surface area contributed by atoms with Crippen LogP contribution in [-0.2, 0) is 4.79 Å². The topological polar surface area (TPSA) is 37.3 Å². The van der Waals surface area contributed by atoms with E-state index in [2.05, 4.69) is 0 Å². The summed E-state index contributed by atoms with van der Waals surface area (Å²) in [6.45, 7) is 3.70. The number of carboxylic acids is 1. The summed E-state index contributed by atoms with van der Waals surface area (Å²) >= 11 is 0. The molecule has 0 radical (unpaired) electrons. The highest BCUT2D eigenvalue weighted by Crippen LogP contribution is 2.28. The minimum absolute atomic E-state index is 0.389. The highest BCUT2D eigenvalue weighted by atomic mass is 19.3. The van der Waals surface area contributed by atoms with Crippen LogP contribution in [-0.4, -0.2) is 17.5 Å². The summed E-state index contributed by atoms with van der Waals surface area (Å²) in [7, 11) is 0. The molecule has 4 heteroatoms. The molecule has 2 nitrogen and oxygen atoms in total. The van der Waals surface area contributed by atoms with E-state index in [0.29, 0.717) is 5.56 Å². The molecule has 0 aliphatic heterocycles. The summed E-state index contributed by atoms with van der Waals surface area (Å²) < 4.78 is 25.4. The van der Waals surface area contributed by atoms with E-state index in [4.69, 9.17) is 5.11 Å². The lowest BCUT2D eigenvalue weighted by Gasteiger charge is -2.15. The molecule has 0 heterocycles. The molecule has 0 spiro atoms. The zero-order chi connectivity index (χ0) is 12.3. The minimum Gasteiger partial charge on any atom is -0.481 e. The number of aryl methyl sites for hydroxylation is 2. The zero-order valence-corrected chi connectivity index (χ0v) is 9.21. The molecule has 1 unspecified atom stereocenters. The van der Waals surface area contributed by atoms with Crippen molar-refractivity contribution < 1.29 is 18.7 Å². The third-order valence-corrected chi connectivity index (χ3v) is 2.66. The molecule has 0 aliphatic rings. The number of rotatable bonds is 4. The van der Waals surface area contributed by atoms with Crippen molar-refractivity contribution in [1.29, 1.82) is 0 Å². The first-order chi connectivity index (χ1) is 7.41. The first-order valence-electron chi connectivity index (χ1n) is 4.99. The molecule has 0 bridgehead atoms. The van der Waals surface area contributed by atoms with Crippen LogP contribution < -0.4 is 0 Å². The van der Waals surface area contributed by atoms with E-state index in [0.717, 1.165) is 11.1 Å². The molecule has 0 saturated heterocycles. The van der Waals surface area contributed by atoms with Crippen LogP contribution in [0.15, 0.2) is 18.2 Å². The second kappa shape index (κ2) is 5.05. The summed E-state index contributed by atoms with van der Waals surface area (Å²) in [5, 5.41) is 8.58. The molecule has 16 heavy (non-hydrogen) atoms. The van der Waals surface area contributed by atoms with E-state index in [1.807, 2.05) is 13.8 Å². The van der Waals surface area contributed by atoms with Crippen molar-refractivity contribution in [2.24, 2.45) is 0 Å². The molecule has 88 valence electrons. The molecular formula is C12H14F2O2. The molecular weight excluding hydrogens is 214 g/mol. The number of aliphatic carboxylic acids is 1. The maximum absolute atomic E-state index is 12.7. The molecule has 0 saturated carbocycles. The first kappa shape index (κ1) is 12.6. The van der Waals surface area contributed by atoms with Gasteiger partial charge in [-0.1, -0.05) is 18.2 Å². The zero-order valence-electron chi connectivity index (χ0n) is 9.21. The van der Waals surface area contributed by atoms with Crippen molar-refractivity contribution in [3.8, 4) is 0 Å². The molecule has 1 aromatic carbocycles. The second-order valence-corrected chi connectivity index (χ2v) is 3.88. The van der Waals surface area contributed by atoms with Gasteiger partial charge >= 0.3 is 5.97 Å². The fraction of sp³-hybridized carbons (Fsp3) is 0.417. The maximum atomic E-state index is 12.7. The van der Waals surface area contributed by atoms with Gasteiger partial charge in [-0.15, -0.1) is 0 Å². The van der Waals surface area contributed by atoms with E-state index in [9.17, 15) is 13.6 Å². The van der Waals surface area contributed by atoms with Crippen LogP contribution in [0.5, 0.6) is 0 Å². The van der Waals surface area contributed by atoms with Crippen LogP contribution in [0, 0.1) is 13.8 Å². The SMILES string of the molecule is Cc1ccc(C(CC(=O)O)C(F)F)cc1C. The highest BCUT2D eigenvalue weighted by molar-refractivity contribution is 5.68. The van der Waals surface area contributed by atoms with Crippen molar-refractivity contribution in [2.45, 2.75) is 32.6 Å². The Kier molecular flexibility index (Phi) is 3.99. The first-order valence-corrected chi connectivity index (χ1v) is 4.99. The standard InChI is InChI=1S/C12H14F2O2/c1-7-3-4-9(5-8(7)2)10(12(13)14)6-11(15)16/h3-5,10,12H,6H2,1-2H3,(H,15,16). The average Bonchev–Trinajstić information content (AvgIpc) is 2.18. The summed E-state index contributed by atoms with van der Waals surface area (Å²) in [6, 6.07) is 4.94. The quantitative estimate of drug-likeness (QED) is 0.859. The monoisotopic (exact) mass is 228 g/mol. The Hall–Kier alpha value is -1.45. The average molecular weight is 228 g/mol. The van der Waals surface area contributed by atoms with Crippen LogP contribution in [0.3, 0.4) is 0 Å². The molecule has 1 aromatic rings. The number of halogens is 2.